The molecule has 0 bridgehead atoms. The van der Waals surface area contributed by atoms with Crippen LogP contribution in [-0.2, 0) is 6.18 Å². The molecule has 0 aliphatic carbocycles. The summed E-state index contributed by atoms with van der Waals surface area (Å²) in [4.78, 5) is 4.02. The molecule has 0 amide bonds. The number of aromatic nitrogens is 3. The number of pyridine rings is 1. The molecular weight excluding hydrogens is 364 g/mol. The smallest absolute Gasteiger partial charge is 0.383 e. The Hall–Kier alpha value is -3.92. The molecule has 0 atom stereocenters. The number of H-pyrrole nitrogens is 1. The van der Waals surface area contributed by atoms with Crippen molar-refractivity contribution in [3.8, 4) is 34.5 Å². The number of benzene rings is 1. The van der Waals surface area contributed by atoms with Crippen LogP contribution in [0.1, 0.15) is 16.7 Å². The fourth-order valence-corrected chi connectivity index (χ4v) is 2.60. The lowest BCUT2D eigenvalue weighted by atomic mass is 9.92. The Morgan fingerprint density at radius 2 is 1.78 bits per heavy atom. The first-order valence-electron chi connectivity index (χ1n) is 7.27. The van der Waals surface area contributed by atoms with E-state index in [9.17, 15) is 28.1 Å². The van der Waals surface area contributed by atoms with Crippen LogP contribution in [0, 0.1) is 28.5 Å². The lowest BCUT2D eigenvalue weighted by Gasteiger charge is -2.14. The van der Waals surface area contributed by atoms with E-state index in [0.29, 0.717) is 17.7 Å². The number of nitrogens with zero attached hydrogens (tertiary/aromatic N) is 4. The van der Waals surface area contributed by atoms with Crippen molar-refractivity contribution >= 4 is 5.82 Å². The molecule has 0 aliphatic heterocycles. The molecule has 0 fully saturated rings. The Morgan fingerprint density at radius 3 is 2.30 bits per heavy atom. The molecule has 10 heteroatoms. The summed E-state index contributed by atoms with van der Waals surface area (Å²) < 4.78 is 52.4. The second kappa shape index (κ2) is 6.42. The maximum Gasteiger partial charge on any atom is 0.419 e. The van der Waals surface area contributed by atoms with E-state index in [1.54, 1.807) is 6.07 Å². The van der Waals surface area contributed by atoms with Gasteiger partial charge in [-0.3, -0.25) is 5.10 Å². The van der Waals surface area contributed by atoms with Gasteiger partial charge in [-0.1, -0.05) is 6.07 Å². The zero-order chi connectivity index (χ0) is 19.8. The minimum Gasteiger partial charge on any atom is -0.383 e. The molecule has 0 spiro atoms. The zero-order valence-corrected chi connectivity index (χ0v) is 13.3. The predicted molar refractivity (Wildman–Crippen MR) is 86.1 cm³/mol. The van der Waals surface area contributed by atoms with E-state index >= 15 is 0 Å². The highest BCUT2D eigenvalue weighted by Crippen LogP contribution is 2.38. The first-order chi connectivity index (χ1) is 12.8. The number of nitriles is 2. The van der Waals surface area contributed by atoms with Crippen LogP contribution in [-0.4, -0.2) is 15.2 Å². The third-order valence-electron chi connectivity index (χ3n) is 3.78. The highest BCUT2D eigenvalue weighted by molar-refractivity contribution is 5.86. The van der Waals surface area contributed by atoms with E-state index in [-0.39, 0.29) is 33.8 Å². The summed E-state index contributed by atoms with van der Waals surface area (Å²) >= 11 is 0. The van der Waals surface area contributed by atoms with Crippen molar-refractivity contribution in [2.75, 3.05) is 5.73 Å². The van der Waals surface area contributed by atoms with E-state index in [4.69, 9.17) is 5.73 Å². The van der Waals surface area contributed by atoms with Crippen LogP contribution in [0.5, 0.6) is 0 Å². The van der Waals surface area contributed by atoms with Crippen molar-refractivity contribution < 1.29 is 17.6 Å². The fraction of sp³-hybridized carbons (Fsp3) is 0.0588. The van der Waals surface area contributed by atoms with Gasteiger partial charge in [0.1, 0.15) is 29.3 Å². The van der Waals surface area contributed by atoms with Gasteiger partial charge in [0.2, 0.25) is 0 Å². The van der Waals surface area contributed by atoms with Gasteiger partial charge in [-0.25, -0.2) is 9.37 Å². The summed E-state index contributed by atoms with van der Waals surface area (Å²) in [7, 11) is 0. The Morgan fingerprint density at radius 1 is 1.07 bits per heavy atom. The Kier molecular flexibility index (Phi) is 4.26. The van der Waals surface area contributed by atoms with Crippen LogP contribution in [0.15, 0.2) is 30.6 Å². The van der Waals surface area contributed by atoms with E-state index in [2.05, 4.69) is 15.2 Å². The maximum atomic E-state index is 14.0. The molecule has 3 N–H and O–H groups in total. The lowest BCUT2D eigenvalue weighted by Crippen LogP contribution is -2.08. The number of hydrogen-bond donors (Lipinski definition) is 2. The number of alkyl halides is 3. The van der Waals surface area contributed by atoms with Crippen molar-refractivity contribution in [2.24, 2.45) is 0 Å². The Bertz CT molecular complexity index is 1100. The summed E-state index contributed by atoms with van der Waals surface area (Å²) in [6.45, 7) is 0. The van der Waals surface area contributed by atoms with Crippen molar-refractivity contribution in [3.05, 3.63) is 53.1 Å². The average molecular weight is 372 g/mol. The van der Waals surface area contributed by atoms with Gasteiger partial charge in [-0.05, 0) is 17.7 Å². The van der Waals surface area contributed by atoms with Gasteiger partial charge in [0, 0.05) is 17.3 Å². The molecule has 2 heterocycles. The van der Waals surface area contributed by atoms with Crippen LogP contribution in [0.25, 0.3) is 22.4 Å². The second-order valence-electron chi connectivity index (χ2n) is 5.37. The van der Waals surface area contributed by atoms with Crippen molar-refractivity contribution in [1.82, 2.24) is 15.2 Å². The van der Waals surface area contributed by atoms with E-state index in [1.807, 2.05) is 6.07 Å². The Labute approximate surface area is 149 Å². The molecular formula is C17H8F4N6. The van der Waals surface area contributed by atoms with Crippen LogP contribution in [0.2, 0.25) is 0 Å². The minimum absolute atomic E-state index is 0.0676. The molecule has 1 aromatic carbocycles. The second-order valence-corrected chi connectivity index (χ2v) is 5.37. The quantitative estimate of drug-likeness (QED) is 0.667. The largest absolute Gasteiger partial charge is 0.419 e. The summed E-state index contributed by atoms with van der Waals surface area (Å²) in [5.41, 5.74) is 4.19. The van der Waals surface area contributed by atoms with Gasteiger partial charge in [-0.2, -0.15) is 28.8 Å². The number of nitrogens with two attached hydrogens (primary N) is 1. The number of rotatable bonds is 2. The van der Waals surface area contributed by atoms with Crippen LogP contribution < -0.4 is 5.73 Å². The first kappa shape index (κ1) is 17.9. The van der Waals surface area contributed by atoms with E-state index in [0.717, 1.165) is 6.07 Å². The maximum absolute atomic E-state index is 14.0. The molecule has 3 rings (SSSR count). The topological polar surface area (TPSA) is 115 Å². The molecule has 27 heavy (non-hydrogen) atoms. The average Bonchev–Trinajstić information content (AvgIpc) is 3.14. The zero-order valence-electron chi connectivity index (χ0n) is 13.3. The van der Waals surface area contributed by atoms with Crippen LogP contribution >= 0.6 is 0 Å². The number of nitrogens with one attached hydrogen (secondary N) is 1. The third kappa shape index (κ3) is 3.04. The number of halogens is 4. The van der Waals surface area contributed by atoms with Crippen LogP contribution in [0.4, 0.5) is 23.4 Å². The monoisotopic (exact) mass is 372 g/mol. The van der Waals surface area contributed by atoms with Crippen LogP contribution in [0.3, 0.4) is 0 Å². The molecule has 0 radical (unpaired) electrons. The lowest BCUT2D eigenvalue weighted by molar-refractivity contribution is -0.139. The number of nitrogen functional groups attached to an aromatic ring is 1. The van der Waals surface area contributed by atoms with Crippen molar-refractivity contribution in [2.45, 2.75) is 6.18 Å². The molecule has 2 aromatic heterocycles. The van der Waals surface area contributed by atoms with Gasteiger partial charge in [-0.15, -0.1) is 0 Å². The van der Waals surface area contributed by atoms with E-state index in [1.165, 1.54) is 12.4 Å². The highest BCUT2D eigenvalue weighted by atomic mass is 19.4. The van der Waals surface area contributed by atoms with E-state index < -0.39 is 17.6 Å². The normalized spacial score (nSPS) is 11.0. The molecule has 0 saturated carbocycles. The SMILES string of the molecule is N#Cc1c(N)nc(-c2cn[nH]c2)c(C#N)c1-c1ccc(C(F)(F)F)c(F)c1. The molecule has 6 nitrogen and oxygen atoms in total. The summed E-state index contributed by atoms with van der Waals surface area (Å²) in [5, 5.41) is 25.2. The molecule has 0 saturated heterocycles. The first-order valence-corrected chi connectivity index (χ1v) is 7.27. The standard InChI is InChI=1S/C17H8F4N6/c18-13-3-8(1-2-12(13)17(19,20)21)14-10(4-22)15(9-6-25-26-7-9)27-16(24)11(14)5-23/h1-3,6-7H,(H2,24,27)(H,25,26). The number of hydrogen-bond acceptors (Lipinski definition) is 5. The fourth-order valence-electron chi connectivity index (χ4n) is 2.60. The van der Waals surface area contributed by atoms with Crippen molar-refractivity contribution in [1.29, 1.82) is 10.5 Å². The number of aromatic amines is 1. The molecule has 3 aromatic rings. The van der Waals surface area contributed by atoms with Gasteiger partial charge in [0.15, 0.2) is 0 Å². The van der Waals surface area contributed by atoms with Crippen molar-refractivity contribution in [3.63, 3.8) is 0 Å². The third-order valence-corrected chi connectivity index (χ3v) is 3.78. The highest BCUT2D eigenvalue weighted by Gasteiger charge is 2.34. The summed E-state index contributed by atoms with van der Waals surface area (Å²) in [6, 6.07) is 5.75. The Balaban J connectivity index is 2.35. The predicted octanol–water partition coefficient (Wildman–Crippen LogP) is 3.62. The molecule has 0 aliphatic rings. The number of anilines is 1. The van der Waals surface area contributed by atoms with Gasteiger partial charge >= 0.3 is 6.18 Å². The van der Waals surface area contributed by atoms with Gasteiger partial charge < -0.3 is 5.73 Å². The molecule has 134 valence electrons. The molecule has 0 unspecified atom stereocenters. The van der Waals surface area contributed by atoms with Gasteiger partial charge in [0.25, 0.3) is 0 Å². The summed E-state index contributed by atoms with van der Waals surface area (Å²) in [5.74, 6) is -1.78. The minimum atomic E-state index is -4.88. The summed E-state index contributed by atoms with van der Waals surface area (Å²) in [6.07, 6.45) is -2.10. The van der Waals surface area contributed by atoms with Gasteiger partial charge in [0.05, 0.1) is 23.0 Å².